The molecule has 0 amide bonds. The van der Waals surface area contributed by atoms with Crippen molar-refractivity contribution in [3.05, 3.63) is 29.3 Å². The summed E-state index contributed by atoms with van der Waals surface area (Å²) in [4.78, 5) is 4.47. The summed E-state index contributed by atoms with van der Waals surface area (Å²) in [5, 5.41) is 3.37. The third-order valence-corrected chi connectivity index (χ3v) is 2.40. The molecule has 1 atom stereocenters. The Hall–Kier alpha value is -1.31. The first-order valence-corrected chi connectivity index (χ1v) is 4.59. The van der Waals surface area contributed by atoms with Crippen molar-refractivity contribution in [2.24, 2.45) is 4.99 Å². The zero-order valence-corrected chi connectivity index (χ0v) is 8.26. The van der Waals surface area contributed by atoms with Gasteiger partial charge in [-0.3, -0.25) is 4.99 Å². The summed E-state index contributed by atoms with van der Waals surface area (Å²) in [6, 6.07) is 6.31. The lowest BCUT2D eigenvalue weighted by molar-refractivity contribution is 0.839. The van der Waals surface area contributed by atoms with E-state index in [1.165, 1.54) is 16.8 Å². The summed E-state index contributed by atoms with van der Waals surface area (Å²) in [5.41, 5.74) is 4.89. The molecule has 1 unspecified atom stereocenters. The summed E-state index contributed by atoms with van der Waals surface area (Å²) in [6.07, 6.45) is 0.202. The van der Waals surface area contributed by atoms with E-state index in [4.69, 9.17) is 0 Å². The quantitative estimate of drug-likeness (QED) is 0.642. The highest BCUT2D eigenvalue weighted by molar-refractivity contribution is 6.05. The van der Waals surface area contributed by atoms with Crippen LogP contribution < -0.4 is 5.32 Å². The van der Waals surface area contributed by atoms with Crippen molar-refractivity contribution in [3.8, 4) is 0 Å². The summed E-state index contributed by atoms with van der Waals surface area (Å²) in [5.74, 6) is 0. The second-order valence-electron chi connectivity index (χ2n) is 3.53. The number of fused-ring (bicyclic) bond motifs is 1. The maximum absolute atomic E-state index is 4.47. The Labute approximate surface area is 78.7 Å². The van der Waals surface area contributed by atoms with E-state index < -0.39 is 0 Å². The molecule has 0 saturated heterocycles. The molecule has 1 aliphatic heterocycles. The van der Waals surface area contributed by atoms with Crippen molar-refractivity contribution in [1.29, 1.82) is 0 Å². The van der Waals surface area contributed by atoms with Gasteiger partial charge in [-0.15, -0.1) is 0 Å². The predicted molar refractivity (Wildman–Crippen MR) is 56.5 cm³/mol. The van der Waals surface area contributed by atoms with Crippen molar-refractivity contribution < 1.29 is 0 Å². The fraction of sp³-hybridized carbons (Fsp3) is 0.364. The van der Waals surface area contributed by atoms with Crippen LogP contribution in [0.5, 0.6) is 0 Å². The van der Waals surface area contributed by atoms with E-state index in [1.54, 1.807) is 0 Å². The van der Waals surface area contributed by atoms with Crippen molar-refractivity contribution >= 4 is 11.4 Å². The Balaban J connectivity index is 2.59. The number of hydrogen-bond acceptors (Lipinski definition) is 2. The molecule has 1 N–H and O–H groups in total. The van der Waals surface area contributed by atoms with Gasteiger partial charge in [0.15, 0.2) is 0 Å². The predicted octanol–water partition coefficient (Wildman–Crippen LogP) is 2.58. The first kappa shape index (κ1) is 8.30. The van der Waals surface area contributed by atoms with Crippen LogP contribution in [0.3, 0.4) is 0 Å². The lowest BCUT2D eigenvalue weighted by Gasteiger charge is -2.23. The molecule has 2 heteroatoms. The summed E-state index contributed by atoms with van der Waals surface area (Å²) in [6.45, 7) is 6.26. The van der Waals surface area contributed by atoms with Crippen LogP contribution in [0.15, 0.2) is 23.2 Å². The molecule has 0 spiro atoms. The normalized spacial score (nSPS) is 20.2. The minimum absolute atomic E-state index is 0.202. The Morgan fingerprint density at radius 2 is 2.08 bits per heavy atom. The lowest BCUT2D eigenvalue weighted by Crippen LogP contribution is -2.22. The average Bonchev–Trinajstić information content (AvgIpc) is 2.07. The topological polar surface area (TPSA) is 24.4 Å². The first-order valence-electron chi connectivity index (χ1n) is 4.59. The molecule has 0 bridgehead atoms. The number of anilines is 1. The Morgan fingerprint density at radius 3 is 2.85 bits per heavy atom. The Morgan fingerprint density at radius 1 is 1.31 bits per heavy atom. The van der Waals surface area contributed by atoms with E-state index in [2.05, 4.69) is 49.3 Å². The van der Waals surface area contributed by atoms with Gasteiger partial charge >= 0.3 is 0 Å². The lowest BCUT2D eigenvalue weighted by atomic mass is 10.0. The van der Waals surface area contributed by atoms with Crippen molar-refractivity contribution in [1.82, 2.24) is 0 Å². The maximum Gasteiger partial charge on any atom is 0.116 e. The second kappa shape index (κ2) is 2.87. The van der Waals surface area contributed by atoms with Crippen LogP contribution in [0.25, 0.3) is 0 Å². The van der Waals surface area contributed by atoms with Gasteiger partial charge in [0.1, 0.15) is 6.17 Å². The van der Waals surface area contributed by atoms with Crippen LogP contribution in [0.1, 0.15) is 25.0 Å². The van der Waals surface area contributed by atoms with Gasteiger partial charge in [-0.05, 0) is 26.3 Å². The van der Waals surface area contributed by atoms with Crippen LogP contribution in [0.4, 0.5) is 5.69 Å². The standard InChI is InChI=1S/C11H14N2/c1-7-5-4-6-10-8(2)12-9(3)13-11(7)10/h4-6,9,13H,1-3H3. The molecule has 2 rings (SSSR count). The molecule has 68 valence electrons. The molecular weight excluding hydrogens is 160 g/mol. The number of benzene rings is 1. The maximum atomic E-state index is 4.47. The van der Waals surface area contributed by atoms with Gasteiger partial charge in [-0.25, -0.2) is 0 Å². The first-order chi connectivity index (χ1) is 6.18. The van der Waals surface area contributed by atoms with Gasteiger partial charge in [0.25, 0.3) is 0 Å². The fourth-order valence-electron chi connectivity index (χ4n) is 1.76. The smallest absolute Gasteiger partial charge is 0.116 e. The van der Waals surface area contributed by atoms with Crippen LogP contribution in [-0.4, -0.2) is 11.9 Å². The minimum Gasteiger partial charge on any atom is -0.363 e. The van der Waals surface area contributed by atoms with Crippen molar-refractivity contribution in [2.45, 2.75) is 26.9 Å². The number of nitrogens with zero attached hydrogens (tertiary/aromatic N) is 1. The number of rotatable bonds is 0. The number of aryl methyl sites for hydroxylation is 1. The highest BCUT2D eigenvalue weighted by Crippen LogP contribution is 2.25. The highest BCUT2D eigenvalue weighted by atomic mass is 15.1. The van der Waals surface area contributed by atoms with E-state index in [0.29, 0.717) is 0 Å². The van der Waals surface area contributed by atoms with E-state index >= 15 is 0 Å². The molecule has 0 aliphatic carbocycles. The summed E-state index contributed by atoms with van der Waals surface area (Å²) < 4.78 is 0. The average molecular weight is 174 g/mol. The Kier molecular flexibility index (Phi) is 1.83. The van der Waals surface area contributed by atoms with E-state index in [1.807, 2.05) is 0 Å². The van der Waals surface area contributed by atoms with Gasteiger partial charge < -0.3 is 5.32 Å². The molecule has 1 aliphatic rings. The molecule has 13 heavy (non-hydrogen) atoms. The second-order valence-corrected chi connectivity index (χ2v) is 3.53. The van der Waals surface area contributed by atoms with Gasteiger partial charge in [-0.2, -0.15) is 0 Å². The van der Waals surface area contributed by atoms with Crippen LogP contribution >= 0.6 is 0 Å². The molecule has 0 saturated carbocycles. The van der Waals surface area contributed by atoms with Gasteiger partial charge in [0.05, 0.1) is 0 Å². The third-order valence-electron chi connectivity index (χ3n) is 2.40. The molecular formula is C11H14N2. The molecule has 1 heterocycles. The van der Waals surface area contributed by atoms with Crippen molar-refractivity contribution in [2.75, 3.05) is 5.32 Å². The highest BCUT2D eigenvalue weighted by Gasteiger charge is 2.15. The third kappa shape index (κ3) is 1.32. The fourth-order valence-corrected chi connectivity index (χ4v) is 1.76. The number of hydrogen-bond donors (Lipinski definition) is 1. The monoisotopic (exact) mass is 174 g/mol. The Bertz CT molecular complexity index is 366. The van der Waals surface area contributed by atoms with Crippen LogP contribution in [0, 0.1) is 6.92 Å². The van der Waals surface area contributed by atoms with Gasteiger partial charge in [-0.1, -0.05) is 18.2 Å². The summed E-state index contributed by atoms with van der Waals surface area (Å²) >= 11 is 0. The number of para-hydroxylation sites is 1. The summed E-state index contributed by atoms with van der Waals surface area (Å²) in [7, 11) is 0. The van der Waals surface area contributed by atoms with E-state index in [0.717, 1.165) is 5.71 Å². The SMILES string of the molecule is CC1=NC(C)Nc2c(C)cccc21. The zero-order chi connectivity index (χ0) is 9.42. The van der Waals surface area contributed by atoms with E-state index in [-0.39, 0.29) is 6.17 Å². The van der Waals surface area contributed by atoms with E-state index in [9.17, 15) is 0 Å². The molecule has 1 aromatic carbocycles. The largest absolute Gasteiger partial charge is 0.363 e. The zero-order valence-electron chi connectivity index (χ0n) is 8.26. The van der Waals surface area contributed by atoms with Crippen molar-refractivity contribution in [3.63, 3.8) is 0 Å². The molecule has 0 fully saturated rings. The number of aliphatic imine (C=N–C) groups is 1. The van der Waals surface area contributed by atoms with Gasteiger partial charge in [0, 0.05) is 17.0 Å². The molecule has 0 aromatic heterocycles. The van der Waals surface area contributed by atoms with Crippen LogP contribution in [0.2, 0.25) is 0 Å². The molecule has 0 radical (unpaired) electrons. The van der Waals surface area contributed by atoms with Crippen LogP contribution in [-0.2, 0) is 0 Å². The number of nitrogens with one attached hydrogen (secondary N) is 1. The molecule has 1 aromatic rings. The molecule has 2 nitrogen and oxygen atoms in total. The minimum atomic E-state index is 0.202. The van der Waals surface area contributed by atoms with Gasteiger partial charge in [0.2, 0.25) is 0 Å².